The zero-order valence-electron chi connectivity index (χ0n) is 10.6. The predicted octanol–water partition coefficient (Wildman–Crippen LogP) is -0.597. The highest BCUT2D eigenvalue weighted by atomic mass is 32.2. The average Bonchev–Trinajstić information content (AvgIpc) is 2.28. The Labute approximate surface area is 113 Å². The summed E-state index contributed by atoms with van der Waals surface area (Å²) in [6.07, 6.45) is 1.74. The quantitative estimate of drug-likeness (QED) is 0.700. The summed E-state index contributed by atoms with van der Waals surface area (Å²) < 4.78 is 24.1. The van der Waals surface area contributed by atoms with E-state index in [2.05, 4.69) is 0 Å². The Morgan fingerprint density at radius 3 is 2.17 bits per heavy atom. The van der Waals surface area contributed by atoms with Crippen LogP contribution in [0.1, 0.15) is 13.3 Å². The van der Waals surface area contributed by atoms with Gasteiger partial charge in [0, 0.05) is 26.2 Å². The number of piperazine rings is 1. The average molecular weight is 293 g/mol. The lowest BCUT2D eigenvalue weighted by atomic mass is 10.0. The van der Waals surface area contributed by atoms with Crippen LogP contribution in [-0.2, 0) is 14.8 Å². The van der Waals surface area contributed by atoms with Gasteiger partial charge in [0.15, 0.2) is 0 Å². The highest BCUT2D eigenvalue weighted by Gasteiger charge is 2.30. The van der Waals surface area contributed by atoms with Crippen molar-refractivity contribution in [3.05, 3.63) is 0 Å². The zero-order valence-corrected chi connectivity index (χ0v) is 12.3. The van der Waals surface area contributed by atoms with Gasteiger partial charge in [0.1, 0.15) is 0 Å². The van der Waals surface area contributed by atoms with Gasteiger partial charge in [-0.15, -0.1) is 0 Å². The van der Waals surface area contributed by atoms with E-state index in [0.29, 0.717) is 32.6 Å². The minimum Gasteiger partial charge on any atom is -0.393 e. The maximum absolute atomic E-state index is 12.1. The van der Waals surface area contributed by atoms with Crippen molar-refractivity contribution in [3.63, 3.8) is 0 Å². The monoisotopic (exact) mass is 293 g/mol. The van der Waals surface area contributed by atoms with Crippen molar-refractivity contribution in [2.45, 2.75) is 13.3 Å². The normalized spacial score (nSPS) is 19.6. The van der Waals surface area contributed by atoms with E-state index in [1.165, 1.54) is 10.6 Å². The molecule has 0 saturated carbocycles. The Kier molecular flexibility index (Phi) is 5.06. The summed E-state index contributed by atoms with van der Waals surface area (Å²) >= 11 is 4.87. The molecule has 1 unspecified atom stereocenters. The fourth-order valence-corrected chi connectivity index (χ4v) is 3.05. The molecule has 0 aromatic heterocycles. The van der Waals surface area contributed by atoms with Crippen LogP contribution in [0.4, 0.5) is 0 Å². The lowest BCUT2D eigenvalue weighted by molar-refractivity contribution is -0.134. The van der Waals surface area contributed by atoms with Gasteiger partial charge in [-0.25, -0.2) is 8.42 Å². The minimum absolute atomic E-state index is 0.0989. The molecule has 1 fully saturated rings. The van der Waals surface area contributed by atoms with Crippen molar-refractivity contribution < 1.29 is 13.2 Å². The Balaban J connectivity index is 2.63. The van der Waals surface area contributed by atoms with E-state index in [9.17, 15) is 13.2 Å². The molecule has 1 saturated heterocycles. The fourth-order valence-electron chi connectivity index (χ4n) is 1.96. The molecule has 1 atom stereocenters. The second-order valence-corrected chi connectivity index (χ2v) is 6.80. The van der Waals surface area contributed by atoms with Crippen LogP contribution in [0.3, 0.4) is 0 Å². The Bertz CT molecular complexity index is 428. The van der Waals surface area contributed by atoms with Gasteiger partial charge in [-0.1, -0.05) is 19.1 Å². The highest BCUT2D eigenvalue weighted by molar-refractivity contribution is 7.88. The van der Waals surface area contributed by atoms with Gasteiger partial charge in [0.25, 0.3) is 0 Å². The van der Waals surface area contributed by atoms with Crippen molar-refractivity contribution in [2.75, 3.05) is 32.4 Å². The third-order valence-corrected chi connectivity index (χ3v) is 4.66. The summed E-state index contributed by atoms with van der Waals surface area (Å²) in [5, 5.41) is 0. The number of nitrogens with two attached hydrogens (primary N) is 1. The van der Waals surface area contributed by atoms with Gasteiger partial charge in [0.05, 0.1) is 17.2 Å². The molecule has 0 aromatic carbocycles. The number of carbonyl (C=O) groups is 1. The molecule has 0 bridgehead atoms. The Morgan fingerprint density at radius 1 is 1.33 bits per heavy atom. The van der Waals surface area contributed by atoms with Crippen molar-refractivity contribution in [1.82, 2.24) is 9.21 Å². The first-order valence-corrected chi connectivity index (χ1v) is 8.06. The third-order valence-electron chi connectivity index (χ3n) is 3.07. The summed E-state index contributed by atoms with van der Waals surface area (Å²) in [5.74, 6) is -0.539. The van der Waals surface area contributed by atoms with Gasteiger partial charge in [-0.2, -0.15) is 4.31 Å². The standard InChI is InChI=1S/C10H19N3O3S2/c1-3-8(9(11)17)10(14)12-4-6-13(7-5-12)18(2,15)16/h8H,3-7H2,1-2H3,(H2,11,17). The van der Waals surface area contributed by atoms with E-state index in [1.54, 1.807) is 4.90 Å². The molecule has 0 aromatic rings. The lowest BCUT2D eigenvalue weighted by Gasteiger charge is -2.34. The molecule has 8 heteroatoms. The number of sulfonamides is 1. The summed E-state index contributed by atoms with van der Waals surface area (Å²) in [4.78, 5) is 14.0. The molecule has 2 N–H and O–H groups in total. The van der Waals surface area contributed by atoms with E-state index in [4.69, 9.17) is 18.0 Å². The molecule has 18 heavy (non-hydrogen) atoms. The zero-order chi connectivity index (χ0) is 13.9. The molecule has 0 spiro atoms. The summed E-state index contributed by atoms with van der Waals surface area (Å²) in [6, 6.07) is 0. The number of hydrogen-bond donors (Lipinski definition) is 1. The molecule has 0 aliphatic carbocycles. The molecular weight excluding hydrogens is 274 g/mol. The molecular formula is C10H19N3O3S2. The molecule has 1 rings (SSSR count). The largest absolute Gasteiger partial charge is 0.393 e. The number of thiocarbonyl (C=S) groups is 1. The van der Waals surface area contributed by atoms with Crippen molar-refractivity contribution in [3.8, 4) is 0 Å². The second-order valence-electron chi connectivity index (χ2n) is 4.35. The smallest absolute Gasteiger partial charge is 0.232 e. The molecule has 1 amide bonds. The maximum atomic E-state index is 12.1. The van der Waals surface area contributed by atoms with Crippen LogP contribution in [0.2, 0.25) is 0 Å². The van der Waals surface area contributed by atoms with E-state index in [1.807, 2.05) is 6.92 Å². The van der Waals surface area contributed by atoms with Crippen LogP contribution in [0, 0.1) is 5.92 Å². The van der Waals surface area contributed by atoms with E-state index < -0.39 is 15.9 Å². The van der Waals surface area contributed by atoms with Crippen LogP contribution >= 0.6 is 12.2 Å². The summed E-state index contributed by atoms with van der Waals surface area (Å²) in [5.41, 5.74) is 5.53. The van der Waals surface area contributed by atoms with Gasteiger partial charge in [0.2, 0.25) is 15.9 Å². The maximum Gasteiger partial charge on any atom is 0.232 e. The third kappa shape index (κ3) is 3.63. The van der Waals surface area contributed by atoms with Crippen LogP contribution in [0.15, 0.2) is 0 Å². The number of nitrogens with zero attached hydrogens (tertiary/aromatic N) is 2. The molecule has 0 radical (unpaired) electrons. The van der Waals surface area contributed by atoms with Crippen LogP contribution in [-0.4, -0.2) is 61.0 Å². The fraction of sp³-hybridized carbons (Fsp3) is 0.800. The van der Waals surface area contributed by atoms with Gasteiger partial charge in [-0.05, 0) is 6.42 Å². The van der Waals surface area contributed by atoms with Gasteiger partial charge < -0.3 is 10.6 Å². The van der Waals surface area contributed by atoms with Crippen molar-refractivity contribution in [1.29, 1.82) is 0 Å². The highest BCUT2D eigenvalue weighted by Crippen LogP contribution is 2.12. The minimum atomic E-state index is -3.17. The summed E-state index contributed by atoms with van der Waals surface area (Å²) in [7, 11) is -3.17. The predicted molar refractivity (Wildman–Crippen MR) is 73.6 cm³/mol. The van der Waals surface area contributed by atoms with Crippen LogP contribution < -0.4 is 5.73 Å². The SMILES string of the molecule is CCC(C(=O)N1CCN(S(C)(=O)=O)CC1)C(N)=S. The first kappa shape index (κ1) is 15.3. The Hall–Kier alpha value is -0.730. The Morgan fingerprint density at radius 2 is 1.83 bits per heavy atom. The van der Waals surface area contributed by atoms with E-state index >= 15 is 0 Å². The first-order chi connectivity index (χ1) is 8.27. The topological polar surface area (TPSA) is 83.7 Å². The lowest BCUT2D eigenvalue weighted by Crippen LogP contribution is -2.52. The van der Waals surface area contributed by atoms with Gasteiger partial charge >= 0.3 is 0 Å². The number of amides is 1. The first-order valence-electron chi connectivity index (χ1n) is 5.80. The number of carbonyl (C=O) groups excluding carboxylic acids is 1. The van der Waals surface area contributed by atoms with E-state index in [-0.39, 0.29) is 10.9 Å². The molecule has 104 valence electrons. The van der Waals surface area contributed by atoms with Gasteiger partial charge in [-0.3, -0.25) is 4.79 Å². The molecule has 1 aliphatic rings. The molecule has 1 heterocycles. The van der Waals surface area contributed by atoms with Crippen molar-refractivity contribution in [2.24, 2.45) is 11.7 Å². The second kappa shape index (κ2) is 5.94. The molecule has 6 nitrogen and oxygen atoms in total. The number of rotatable bonds is 4. The van der Waals surface area contributed by atoms with Crippen molar-refractivity contribution >= 4 is 33.1 Å². The number of hydrogen-bond acceptors (Lipinski definition) is 4. The summed E-state index contributed by atoms with van der Waals surface area (Å²) in [6.45, 7) is 3.31. The van der Waals surface area contributed by atoms with E-state index in [0.717, 1.165) is 0 Å². The molecule has 1 aliphatic heterocycles. The van der Waals surface area contributed by atoms with Crippen LogP contribution in [0.25, 0.3) is 0 Å². The van der Waals surface area contributed by atoms with Crippen LogP contribution in [0.5, 0.6) is 0 Å².